The molecule has 0 unspecified atom stereocenters. The molecule has 186 valence electrons. The number of piperazine rings is 1. The van der Waals surface area contributed by atoms with Gasteiger partial charge in [-0.1, -0.05) is 17.7 Å². The van der Waals surface area contributed by atoms with Crippen molar-refractivity contribution in [3.8, 4) is 0 Å². The van der Waals surface area contributed by atoms with Gasteiger partial charge in [-0.3, -0.25) is 4.79 Å². The highest BCUT2D eigenvalue weighted by molar-refractivity contribution is 6.32. The fourth-order valence-electron chi connectivity index (χ4n) is 4.79. The topological polar surface area (TPSA) is 81.9 Å². The van der Waals surface area contributed by atoms with Crippen LogP contribution in [-0.2, 0) is 10.3 Å². The third kappa shape index (κ3) is 4.54. The van der Waals surface area contributed by atoms with Gasteiger partial charge in [0.25, 0.3) is 0 Å². The summed E-state index contributed by atoms with van der Waals surface area (Å²) in [4.78, 5) is 33.5. The van der Waals surface area contributed by atoms with E-state index >= 15 is 0 Å². The third-order valence-electron chi connectivity index (χ3n) is 7.24. The number of imidazole rings is 1. The minimum atomic E-state index is -0.567. The molecule has 2 aliphatic heterocycles. The molecule has 0 spiro atoms. The molecule has 1 atom stereocenters. The SMILES string of the molecule is Cc1ccc2ncc(C(C)(C)NC(=O)C3CN(c4nc(N5CCN(C)[C@H](C)C5)ncc4Cl)C3)n2c1. The number of hydrogen-bond acceptors (Lipinski definition) is 7. The van der Waals surface area contributed by atoms with Crippen LogP contribution in [0.5, 0.6) is 0 Å². The molecule has 10 heteroatoms. The van der Waals surface area contributed by atoms with E-state index in [2.05, 4.69) is 44.0 Å². The summed E-state index contributed by atoms with van der Waals surface area (Å²) in [6, 6.07) is 4.46. The summed E-state index contributed by atoms with van der Waals surface area (Å²) in [5, 5.41) is 3.74. The van der Waals surface area contributed by atoms with Gasteiger partial charge in [0.2, 0.25) is 11.9 Å². The maximum absolute atomic E-state index is 13.1. The Hall–Kier alpha value is -2.91. The number of nitrogens with zero attached hydrogens (tertiary/aromatic N) is 7. The fourth-order valence-corrected chi connectivity index (χ4v) is 5.00. The van der Waals surface area contributed by atoms with Crippen molar-refractivity contribution in [1.29, 1.82) is 0 Å². The van der Waals surface area contributed by atoms with Crippen LogP contribution >= 0.6 is 11.6 Å². The van der Waals surface area contributed by atoms with Gasteiger partial charge >= 0.3 is 0 Å². The Labute approximate surface area is 211 Å². The van der Waals surface area contributed by atoms with Gasteiger partial charge in [0.15, 0.2) is 5.82 Å². The highest BCUT2D eigenvalue weighted by Gasteiger charge is 2.38. The first-order chi connectivity index (χ1) is 16.6. The number of rotatable bonds is 5. The van der Waals surface area contributed by atoms with E-state index in [-0.39, 0.29) is 11.8 Å². The van der Waals surface area contributed by atoms with Gasteiger partial charge in [0, 0.05) is 45.0 Å². The number of halogens is 1. The van der Waals surface area contributed by atoms with Gasteiger partial charge in [-0.2, -0.15) is 4.98 Å². The number of pyridine rings is 1. The van der Waals surface area contributed by atoms with E-state index < -0.39 is 5.54 Å². The number of fused-ring (bicyclic) bond motifs is 1. The highest BCUT2D eigenvalue weighted by Crippen LogP contribution is 2.32. The smallest absolute Gasteiger partial charge is 0.227 e. The molecular formula is C25H33ClN8O. The molecule has 0 saturated carbocycles. The third-order valence-corrected chi connectivity index (χ3v) is 7.50. The zero-order chi connectivity index (χ0) is 24.9. The van der Waals surface area contributed by atoms with Crippen LogP contribution in [0, 0.1) is 12.8 Å². The molecule has 3 aromatic rings. The van der Waals surface area contributed by atoms with Crippen molar-refractivity contribution in [2.24, 2.45) is 5.92 Å². The summed E-state index contributed by atoms with van der Waals surface area (Å²) >= 11 is 6.46. The van der Waals surface area contributed by atoms with E-state index in [1.807, 2.05) is 49.7 Å². The first-order valence-electron chi connectivity index (χ1n) is 12.1. The molecule has 1 N–H and O–H groups in total. The summed E-state index contributed by atoms with van der Waals surface area (Å²) < 4.78 is 2.05. The number of amides is 1. The van der Waals surface area contributed by atoms with Crippen LogP contribution in [0.25, 0.3) is 5.65 Å². The lowest BCUT2D eigenvalue weighted by atomic mass is 9.95. The van der Waals surface area contributed by atoms with Crippen molar-refractivity contribution in [2.45, 2.75) is 39.3 Å². The molecule has 5 rings (SSSR count). The summed E-state index contributed by atoms with van der Waals surface area (Å²) in [5.74, 6) is 1.28. The van der Waals surface area contributed by atoms with Gasteiger partial charge in [0.05, 0.1) is 29.5 Å². The largest absolute Gasteiger partial charge is 0.353 e. The highest BCUT2D eigenvalue weighted by atomic mass is 35.5. The van der Waals surface area contributed by atoms with Crippen molar-refractivity contribution >= 4 is 34.9 Å². The number of aromatic nitrogens is 4. The molecular weight excluding hydrogens is 464 g/mol. The normalized spacial score (nSPS) is 19.8. The molecule has 0 bridgehead atoms. The van der Waals surface area contributed by atoms with Gasteiger partial charge in [-0.25, -0.2) is 9.97 Å². The quantitative estimate of drug-likeness (QED) is 0.581. The Morgan fingerprint density at radius 2 is 1.89 bits per heavy atom. The number of anilines is 2. The zero-order valence-electron chi connectivity index (χ0n) is 21.0. The first-order valence-corrected chi connectivity index (χ1v) is 12.5. The molecule has 2 fully saturated rings. The molecule has 35 heavy (non-hydrogen) atoms. The van der Waals surface area contributed by atoms with Crippen LogP contribution in [0.2, 0.25) is 5.02 Å². The van der Waals surface area contributed by atoms with Crippen molar-refractivity contribution in [3.63, 3.8) is 0 Å². The maximum atomic E-state index is 13.1. The van der Waals surface area contributed by atoms with E-state index in [1.54, 1.807) is 6.20 Å². The van der Waals surface area contributed by atoms with Crippen LogP contribution in [0.15, 0.2) is 30.7 Å². The van der Waals surface area contributed by atoms with Gasteiger partial charge in [-0.05, 0) is 46.4 Å². The van der Waals surface area contributed by atoms with Crippen LogP contribution in [0.4, 0.5) is 11.8 Å². The van der Waals surface area contributed by atoms with E-state index in [1.165, 1.54) is 0 Å². The number of nitrogens with one attached hydrogen (secondary N) is 1. The monoisotopic (exact) mass is 496 g/mol. The van der Waals surface area contributed by atoms with Crippen molar-refractivity contribution in [3.05, 3.63) is 47.0 Å². The van der Waals surface area contributed by atoms with E-state index in [0.29, 0.717) is 35.9 Å². The summed E-state index contributed by atoms with van der Waals surface area (Å²) in [5.41, 5.74) is 2.39. The number of likely N-dealkylation sites (N-methyl/N-ethyl adjacent to an activating group) is 1. The van der Waals surface area contributed by atoms with E-state index in [9.17, 15) is 4.79 Å². The lowest BCUT2D eigenvalue weighted by molar-refractivity contribution is -0.127. The van der Waals surface area contributed by atoms with E-state index in [4.69, 9.17) is 16.6 Å². The molecule has 0 aromatic carbocycles. The number of aryl methyl sites for hydroxylation is 1. The van der Waals surface area contributed by atoms with Gasteiger partial charge < -0.3 is 24.4 Å². The molecule has 9 nitrogen and oxygen atoms in total. The Morgan fingerprint density at radius 1 is 1.11 bits per heavy atom. The molecule has 2 aliphatic rings. The lowest BCUT2D eigenvalue weighted by Gasteiger charge is -2.41. The second-order valence-electron chi connectivity index (χ2n) is 10.4. The second-order valence-corrected chi connectivity index (χ2v) is 10.8. The minimum Gasteiger partial charge on any atom is -0.353 e. The Kier molecular flexibility index (Phi) is 6.09. The number of carbonyl (C=O) groups excluding carboxylic acids is 1. The molecule has 2 saturated heterocycles. The predicted octanol–water partition coefficient (Wildman–Crippen LogP) is 2.71. The summed E-state index contributed by atoms with van der Waals surface area (Å²) in [7, 11) is 2.14. The Balaban J connectivity index is 1.25. The van der Waals surface area contributed by atoms with Crippen LogP contribution < -0.4 is 15.1 Å². The maximum Gasteiger partial charge on any atom is 0.227 e. The van der Waals surface area contributed by atoms with E-state index in [0.717, 1.165) is 36.5 Å². The summed E-state index contributed by atoms with van der Waals surface area (Å²) in [6.45, 7) is 12.1. The number of carbonyl (C=O) groups is 1. The van der Waals surface area contributed by atoms with Crippen LogP contribution in [0.1, 0.15) is 32.0 Å². The summed E-state index contributed by atoms with van der Waals surface area (Å²) in [6.07, 6.45) is 5.56. The predicted molar refractivity (Wildman–Crippen MR) is 138 cm³/mol. The molecule has 0 aliphatic carbocycles. The average molecular weight is 497 g/mol. The fraction of sp³-hybridized carbons (Fsp3) is 0.520. The average Bonchev–Trinajstić information content (AvgIpc) is 3.19. The van der Waals surface area contributed by atoms with Crippen molar-refractivity contribution < 1.29 is 4.79 Å². The molecule has 3 aromatic heterocycles. The Morgan fingerprint density at radius 3 is 2.63 bits per heavy atom. The standard InChI is InChI=1S/C25H33ClN8O/c1-16-6-7-21-27-11-20(34(21)12-16)25(3,4)30-23(35)18-14-33(15-18)22-19(26)10-28-24(29-22)32-9-8-31(5)17(2)13-32/h6-7,10-12,17-18H,8-9,13-15H2,1-5H3,(H,30,35)/t17-/m1/s1. The first kappa shape index (κ1) is 23.8. The van der Waals surface area contributed by atoms with Crippen LogP contribution in [-0.4, -0.2) is 76.0 Å². The minimum absolute atomic E-state index is 0.0205. The number of hydrogen-bond donors (Lipinski definition) is 1. The molecule has 1 amide bonds. The molecule has 0 radical (unpaired) electrons. The van der Waals surface area contributed by atoms with Crippen molar-refractivity contribution in [2.75, 3.05) is 49.6 Å². The van der Waals surface area contributed by atoms with Crippen LogP contribution in [0.3, 0.4) is 0 Å². The Bertz CT molecular complexity index is 1250. The zero-order valence-corrected chi connectivity index (χ0v) is 21.7. The lowest BCUT2D eigenvalue weighted by Crippen LogP contribution is -2.57. The van der Waals surface area contributed by atoms with Crippen molar-refractivity contribution in [1.82, 2.24) is 29.6 Å². The second kappa shape index (κ2) is 8.95. The van der Waals surface area contributed by atoms with Gasteiger partial charge in [0.1, 0.15) is 10.7 Å². The molecule has 5 heterocycles. The van der Waals surface area contributed by atoms with Gasteiger partial charge in [-0.15, -0.1) is 0 Å².